The van der Waals surface area contributed by atoms with Crippen molar-refractivity contribution >= 4 is 29.3 Å². The van der Waals surface area contributed by atoms with Gasteiger partial charge in [-0.3, -0.25) is 9.59 Å². The van der Waals surface area contributed by atoms with Crippen LogP contribution in [0.25, 0.3) is 0 Å². The Balaban J connectivity index is 1.54. The normalized spacial score (nSPS) is 12.8. The first-order valence-corrected chi connectivity index (χ1v) is 9.24. The van der Waals surface area contributed by atoms with Crippen LogP contribution in [0.4, 0.5) is 5.69 Å². The first-order valence-electron chi connectivity index (χ1n) is 8.08. The van der Waals surface area contributed by atoms with E-state index in [-0.39, 0.29) is 11.8 Å². The molecular weight excluding hydrogens is 310 g/mol. The van der Waals surface area contributed by atoms with Crippen molar-refractivity contribution < 1.29 is 9.59 Å². The first-order chi connectivity index (χ1) is 11.2. The molecule has 0 saturated heterocycles. The Morgan fingerprint density at radius 3 is 2.91 bits per heavy atom. The molecule has 1 aliphatic heterocycles. The second-order valence-electron chi connectivity index (χ2n) is 5.55. The van der Waals surface area contributed by atoms with E-state index in [1.807, 2.05) is 0 Å². The van der Waals surface area contributed by atoms with Gasteiger partial charge in [-0.15, -0.1) is 0 Å². The van der Waals surface area contributed by atoms with Crippen molar-refractivity contribution in [2.45, 2.75) is 19.3 Å². The number of thioether (sulfide) groups is 1. The fourth-order valence-corrected chi connectivity index (χ4v) is 3.40. The van der Waals surface area contributed by atoms with Crippen LogP contribution in [-0.4, -0.2) is 50.0 Å². The van der Waals surface area contributed by atoms with Crippen molar-refractivity contribution in [1.29, 1.82) is 0 Å². The van der Waals surface area contributed by atoms with Gasteiger partial charge < -0.3 is 15.5 Å². The third kappa shape index (κ3) is 5.78. The van der Waals surface area contributed by atoms with Gasteiger partial charge in [-0.1, -0.05) is 18.2 Å². The van der Waals surface area contributed by atoms with E-state index in [2.05, 4.69) is 39.8 Å². The van der Waals surface area contributed by atoms with E-state index in [1.165, 1.54) is 23.0 Å². The highest BCUT2D eigenvalue weighted by Gasteiger charge is 2.17. The molecule has 0 bridgehead atoms. The van der Waals surface area contributed by atoms with Crippen LogP contribution < -0.4 is 15.5 Å². The van der Waals surface area contributed by atoms with Crippen LogP contribution in [-0.2, 0) is 16.0 Å². The van der Waals surface area contributed by atoms with E-state index in [0.29, 0.717) is 24.5 Å². The molecule has 0 radical (unpaired) electrons. The summed E-state index contributed by atoms with van der Waals surface area (Å²) in [5, 5.41) is 5.52. The van der Waals surface area contributed by atoms with Crippen LogP contribution in [0, 0.1) is 0 Å². The van der Waals surface area contributed by atoms with Crippen LogP contribution in [0.5, 0.6) is 0 Å². The minimum Gasteiger partial charge on any atom is -0.371 e. The van der Waals surface area contributed by atoms with Crippen molar-refractivity contribution in [3.63, 3.8) is 0 Å². The minimum absolute atomic E-state index is 0.0174. The maximum absolute atomic E-state index is 11.7. The third-order valence-corrected chi connectivity index (χ3v) is 4.85. The maximum atomic E-state index is 11.7. The Bertz CT molecular complexity index is 536. The summed E-state index contributed by atoms with van der Waals surface area (Å²) in [6.07, 6.45) is 2.52. The Morgan fingerprint density at radius 1 is 1.26 bits per heavy atom. The molecule has 0 atom stereocenters. The number of nitrogens with zero attached hydrogens (tertiary/aromatic N) is 1. The number of hydrogen-bond acceptors (Lipinski definition) is 4. The molecule has 2 rings (SSSR count). The number of anilines is 1. The van der Waals surface area contributed by atoms with Gasteiger partial charge in [-0.25, -0.2) is 0 Å². The predicted octanol–water partition coefficient (Wildman–Crippen LogP) is 1.42. The number of rotatable bonds is 9. The Labute approximate surface area is 142 Å². The summed E-state index contributed by atoms with van der Waals surface area (Å²) in [6.45, 7) is 2.75. The van der Waals surface area contributed by atoms with Crippen LogP contribution in [0.15, 0.2) is 24.3 Å². The number of amides is 2. The summed E-state index contributed by atoms with van der Waals surface area (Å²) in [4.78, 5) is 25.1. The smallest absolute Gasteiger partial charge is 0.229 e. The summed E-state index contributed by atoms with van der Waals surface area (Å²) in [5.74, 6) is 1.17. The summed E-state index contributed by atoms with van der Waals surface area (Å²) < 4.78 is 0. The molecule has 0 saturated carbocycles. The molecule has 0 spiro atoms. The minimum atomic E-state index is 0.0174. The standard InChI is InChI=1S/C17H25N3O2S/c1-18-16(21)8-12-23-13-17(22)19-9-4-10-20-11-7-14-5-2-3-6-15(14)20/h2-3,5-6H,4,7-13H2,1H3,(H,18,21)(H,19,22). The van der Waals surface area contributed by atoms with Gasteiger partial charge in [0.1, 0.15) is 0 Å². The van der Waals surface area contributed by atoms with Crippen molar-refractivity contribution in [3.05, 3.63) is 29.8 Å². The highest BCUT2D eigenvalue weighted by molar-refractivity contribution is 7.99. The molecule has 0 aliphatic carbocycles. The monoisotopic (exact) mass is 335 g/mol. The Hall–Kier alpha value is -1.69. The Morgan fingerprint density at radius 2 is 2.09 bits per heavy atom. The lowest BCUT2D eigenvalue weighted by Gasteiger charge is -2.19. The molecule has 2 amide bonds. The average molecular weight is 335 g/mol. The lowest BCUT2D eigenvalue weighted by atomic mass is 10.2. The molecule has 0 unspecified atom stereocenters. The first kappa shape index (κ1) is 17.7. The van der Waals surface area contributed by atoms with Crippen LogP contribution in [0.3, 0.4) is 0 Å². The topological polar surface area (TPSA) is 61.4 Å². The van der Waals surface area contributed by atoms with Gasteiger partial charge in [-0.05, 0) is 24.5 Å². The molecule has 0 fully saturated rings. The van der Waals surface area contributed by atoms with Gasteiger partial charge in [0.25, 0.3) is 0 Å². The molecule has 0 aromatic heterocycles. The number of para-hydroxylation sites is 1. The number of nitrogens with one attached hydrogen (secondary N) is 2. The molecular formula is C17H25N3O2S. The lowest BCUT2D eigenvalue weighted by Crippen LogP contribution is -2.30. The average Bonchev–Trinajstić information content (AvgIpc) is 2.98. The second-order valence-corrected chi connectivity index (χ2v) is 6.65. The van der Waals surface area contributed by atoms with E-state index in [9.17, 15) is 9.59 Å². The molecule has 5 nitrogen and oxygen atoms in total. The Kier molecular flexibility index (Phi) is 7.26. The van der Waals surface area contributed by atoms with Gasteiger partial charge in [-0.2, -0.15) is 11.8 Å². The van der Waals surface area contributed by atoms with Crippen LogP contribution in [0.1, 0.15) is 18.4 Å². The van der Waals surface area contributed by atoms with Gasteiger partial charge in [0.05, 0.1) is 5.75 Å². The van der Waals surface area contributed by atoms with E-state index < -0.39 is 0 Å². The lowest BCUT2D eigenvalue weighted by molar-refractivity contribution is -0.120. The highest BCUT2D eigenvalue weighted by atomic mass is 32.2. The SMILES string of the molecule is CNC(=O)CCSCC(=O)NCCCN1CCc2ccccc21. The second kappa shape index (κ2) is 9.45. The molecule has 2 N–H and O–H groups in total. The molecule has 1 heterocycles. The van der Waals surface area contributed by atoms with Crippen molar-refractivity contribution in [2.24, 2.45) is 0 Å². The zero-order valence-electron chi connectivity index (χ0n) is 13.6. The van der Waals surface area contributed by atoms with Crippen molar-refractivity contribution in [3.8, 4) is 0 Å². The summed E-state index contributed by atoms with van der Waals surface area (Å²) in [5.41, 5.74) is 2.76. The van der Waals surface area contributed by atoms with Crippen LogP contribution >= 0.6 is 11.8 Å². The molecule has 1 aromatic rings. The number of benzene rings is 1. The third-order valence-electron chi connectivity index (χ3n) is 3.90. The summed E-state index contributed by atoms with van der Waals surface area (Å²) in [6, 6.07) is 8.52. The highest BCUT2D eigenvalue weighted by Crippen LogP contribution is 2.27. The number of carbonyl (C=O) groups is 2. The van der Waals surface area contributed by atoms with Crippen molar-refractivity contribution in [2.75, 3.05) is 43.1 Å². The van der Waals surface area contributed by atoms with Gasteiger partial charge in [0, 0.05) is 44.5 Å². The largest absolute Gasteiger partial charge is 0.371 e. The van der Waals surface area contributed by atoms with Gasteiger partial charge >= 0.3 is 0 Å². The van der Waals surface area contributed by atoms with Gasteiger partial charge in [0.2, 0.25) is 11.8 Å². The quantitative estimate of drug-likeness (QED) is 0.670. The molecule has 6 heteroatoms. The van der Waals surface area contributed by atoms with E-state index in [0.717, 1.165) is 25.9 Å². The van der Waals surface area contributed by atoms with Crippen LogP contribution in [0.2, 0.25) is 0 Å². The summed E-state index contributed by atoms with van der Waals surface area (Å²) >= 11 is 1.50. The molecule has 23 heavy (non-hydrogen) atoms. The zero-order chi connectivity index (χ0) is 16.5. The fourth-order valence-electron chi connectivity index (χ4n) is 2.64. The molecule has 126 valence electrons. The number of fused-ring (bicyclic) bond motifs is 1. The number of carbonyl (C=O) groups excluding carboxylic acids is 2. The van der Waals surface area contributed by atoms with E-state index in [1.54, 1.807) is 7.05 Å². The van der Waals surface area contributed by atoms with E-state index >= 15 is 0 Å². The number of hydrogen-bond donors (Lipinski definition) is 2. The maximum Gasteiger partial charge on any atom is 0.229 e. The fraction of sp³-hybridized carbons (Fsp3) is 0.529. The van der Waals surface area contributed by atoms with Gasteiger partial charge in [0.15, 0.2) is 0 Å². The summed E-state index contributed by atoms with van der Waals surface area (Å²) in [7, 11) is 1.62. The molecule has 1 aromatic carbocycles. The molecule has 1 aliphatic rings. The zero-order valence-corrected chi connectivity index (χ0v) is 14.5. The van der Waals surface area contributed by atoms with Crippen molar-refractivity contribution in [1.82, 2.24) is 10.6 Å². The predicted molar refractivity (Wildman–Crippen MR) is 96.0 cm³/mol. The van der Waals surface area contributed by atoms with E-state index in [4.69, 9.17) is 0 Å².